The summed E-state index contributed by atoms with van der Waals surface area (Å²) < 4.78 is 5.97. The molecule has 0 atom stereocenters. The van der Waals surface area contributed by atoms with E-state index < -0.39 is 0 Å². The van der Waals surface area contributed by atoms with Gasteiger partial charge >= 0.3 is 0 Å². The van der Waals surface area contributed by atoms with Gasteiger partial charge in [0.1, 0.15) is 11.8 Å². The number of hydrogen-bond donors (Lipinski definition) is 1. The van der Waals surface area contributed by atoms with Gasteiger partial charge in [-0.25, -0.2) is 0 Å². The number of nitrogens with zero attached hydrogens (tertiary/aromatic N) is 1. The lowest BCUT2D eigenvalue weighted by molar-refractivity contribution is 0.283. The van der Waals surface area contributed by atoms with Crippen molar-refractivity contribution in [2.24, 2.45) is 0 Å². The zero-order chi connectivity index (χ0) is 12.9. The Balaban J connectivity index is 2.16. The number of ether oxygens (including phenoxy) is 1. The summed E-state index contributed by atoms with van der Waals surface area (Å²) in [6.07, 6.45) is 4.71. The van der Waals surface area contributed by atoms with E-state index in [-0.39, 0.29) is 5.41 Å². The lowest BCUT2D eigenvalue weighted by Crippen LogP contribution is -2.15. The second-order valence-corrected chi connectivity index (χ2v) is 6.28. The Morgan fingerprint density at radius 1 is 1.33 bits per heavy atom. The number of H-pyrrole nitrogens is 1. The van der Waals surface area contributed by atoms with Gasteiger partial charge in [0, 0.05) is 17.1 Å². The van der Waals surface area contributed by atoms with Crippen molar-refractivity contribution in [3.63, 3.8) is 0 Å². The first-order chi connectivity index (χ1) is 8.45. The number of aromatic amines is 1. The SMILES string of the molecule is Cc1c[nH]c2nc(OC3CC3)c(C(C)(C)C)cc12. The van der Waals surface area contributed by atoms with Crippen LogP contribution in [0.1, 0.15) is 44.7 Å². The van der Waals surface area contributed by atoms with Gasteiger partial charge in [0.25, 0.3) is 0 Å². The van der Waals surface area contributed by atoms with Crippen molar-refractivity contribution in [1.29, 1.82) is 0 Å². The van der Waals surface area contributed by atoms with Crippen LogP contribution in [0.15, 0.2) is 12.3 Å². The summed E-state index contributed by atoms with van der Waals surface area (Å²) in [5.41, 5.74) is 3.41. The second kappa shape index (κ2) is 3.74. The Morgan fingerprint density at radius 3 is 2.67 bits per heavy atom. The first-order valence-corrected chi connectivity index (χ1v) is 6.61. The van der Waals surface area contributed by atoms with Crippen LogP contribution in [0.3, 0.4) is 0 Å². The molecule has 1 N–H and O–H groups in total. The molecule has 2 aromatic rings. The van der Waals surface area contributed by atoms with Crippen molar-refractivity contribution in [2.75, 3.05) is 0 Å². The van der Waals surface area contributed by atoms with Crippen molar-refractivity contribution in [3.05, 3.63) is 23.4 Å². The van der Waals surface area contributed by atoms with Crippen LogP contribution in [-0.2, 0) is 5.41 Å². The summed E-state index contributed by atoms with van der Waals surface area (Å²) in [5.74, 6) is 0.805. The van der Waals surface area contributed by atoms with Gasteiger partial charge in [0.05, 0.1) is 0 Å². The van der Waals surface area contributed by atoms with E-state index in [4.69, 9.17) is 4.74 Å². The van der Waals surface area contributed by atoms with Gasteiger partial charge in [-0.15, -0.1) is 0 Å². The number of aromatic nitrogens is 2. The highest BCUT2D eigenvalue weighted by Crippen LogP contribution is 2.36. The van der Waals surface area contributed by atoms with E-state index in [0.29, 0.717) is 6.10 Å². The Morgan fingerprint density at radius 2 is 2.06 bits per heavy atom. The van der Waals surface area contributed by atoms with Gasteiger partial charge < -0.3 is 9.72 Å². The molecule has 3 heteroatoms. The maximum atomic E-state index is 5.97. The average molecular weight is 244 g/mol. The van der Waals surface area contributed by atoms with E-state index in [1.807, 2.05) is 6.20 Å². The third kappa shape index (κ3) is 1.98. The van der Waals surface area contributed by atoms with Crippen molar-refractivity contribution in [3.8, 4) is 5.88 Å². The molecule has 0 radical (unpaired) electrons. The van der Waals surface area contributed by atoms with Gasteiger partial charge in [-0.2, -0.15) is 4.98 Å². The molecule has 1 aliphatic carbocycles. The quantitative estimate of drug-likeness (QED) is 0.874. The molecule has 96 valence electrons. The molecule has 2 heterocycles. The molecule has 1 aliphatic rings. The van der Waals surface area contributed by atoms with E-state index >= 15 is 0 Å². The normalized spacial score (nSPS) is 16.2. The number of hydrogen-bond acceptors (Lipinski definition) is 2. The summed E-state index contributed by atoms with van der Waals surface area (Å²) >= 11 is 0. The first kappa shape index (κ1) is 11.6. The molecule has 0 unspecified atom stereocenters. The Hall–Kier alpha value is -1.51. The van der Waals surface area contributed by atoms with Crippen LogP contribution in [0.25, 0.3) is 11.0 Å². The largest absolute Gasteiger partial charge is 0.474 e. The fourth-order valence-electron chi connectivity index (χ4n) is 2.13. The van der Waals surface area contributed by atoms with Crippen LogP contribution in [0.5, 0.6) is 5.88 Å². The van der Waals surface area contributed by atoms with Crippen molar-refractivity contribution < 1.29 is 4.74 Å². The standard InChI is InChI=1S/C15H20N2O/c1-9-8-16-13-11(9)7-12(15(2,3)4)14(17-13)18-10-5-6-10/h7-8,10H,5-6H2,1-4H3,(H,16,17). The minimum Gasteiger partial charge on any atom is -0.474 e. The van der Waals surface area contributed by atoms with Crippen LogP contribution >= 0.6 is 0 Å². The molecule has 0 aromatic carbocycles. The van der Waals surface area contributed by atoms with E-state index in [9.17, 15) is 0 Å². The second-order valence-electron chi connectivity index (χ2n) is 6.28. The summed E-state index contributed by atoms with van der Waals surface area (Å²) in [6, 6.07) is 2.23. The molecule has 3 nitrogen and oxygen atoms in total. The first-order valence-electron chi connectivity index (χ1n) is 6.61. The Labute approximate surface area is 108 Å². The summed E-state index contributed by atoms with van der Waals surface area (Å²) in [6.45, 7) is 8.72. The molecule has 0 aliphatic heterocycles. The minimum atomic E-state index is 0.0507. The molecular formula is C15H20N2O. The molecule has 2 aromatic heterocycles. The third-order valence-corrected chi connectivity index (χ3v) is 3.45. The maximum Gasteiger partial charge on any atom is 0.219 e. The van der Waals surface area contributed by atoms with Gasteiger partial charge in [-0.3, -0.25) is 0 Å². The van der Waals surface area contributed by atoms with E-state index in [1.165, 1.54) is 16.5 Å². The van der Waals surface area contributed by atoms with Crippen LogP contribution in [0.4, 0.5) is 0 Å². The predicted molar refractivity (Wildman–Crippen MR) is 73.2 cm³/mol. The summed E-state index contributed by atoms with van der Waals surface area (Å²) in [7, 11) is 0. The highest BCUT2D eigenvalue weighted by Gasteiger charge is 2.28. The lowest BCUT2D eigenvalue weighted by atomic mass is 9.87. The molecule has 0 amide bonds. The van der Waals surface area contributed by atoms with Crippen LogP contribution in [0, 0.1) is 6.92 Å². The van der Waals surface area contributed by atoms with Crippen molar-refractivity contribution in [1.82, 2.24) is 9.97 Å². The fourth-order valence-corrected chi connectivity index (χ4v) is 2.13. The topological polar surface area (TPSA) is 37.9 Å². The third-order valence-electron chi connectivity index (χ3n) is 3.45. The average Bonchev–Trinajstić information content (AvgIpc) is 3.01. The molecule has 0 spiro atoms. The molecule has 3 rings (SSSR count). The summed E-state index contributed by atoms with van der Waals surface area (Å²) in [4.78, 5) is 7.87. The molecule has 0 saturated heterocycles. The van der Waals surface area contributed by atoms with Crippen LogP contribution in [0.2, 0.25) is 0 Å². The monoisotopic (exact) mass is 244 g/mol. The Bertz CT molecular complexity index is 588. The van der Waals surface area contributed by atoms with E-state index in [2.05, 4.69) is 43.7 Å². The van der Waals surface area contributed by atoms with Crippen molar-refractivity contribution in [2.45, 2.75) is 52.1 Å². The predicted octanol–water partition coefficient (Wildman–Crippen LogP) is 3.71. The van der Waals surface area contributed by atoms with E-state index in [0.717, 1.165) is 24.4 Å². The van der Waals surface area contributed by atoms with Crippen LogP contribution < -0.4 is 4.74 Å². The zero-order valence-corrected chi connectivity index (χ0v) is 11.5. The zero-order valence-electron chi connectivity index (χ0n) is 11.5. The van der Waals surface area contributed by atoms with Crippen LogP contribution in [-0.4, -0.2) is 16.1 Å². The van der Waals surface area contributed by atoms with Gasteiger partial charge in [-0.05, 0) is 36.8 Å². The minimum absolute atomic E-state index is 0.0507. The van der Waals surface area contributed by atoms with E-state index in [1.54, 1.807) is 0 Å². The number of aryl methyl sites for hydroxylation is 1. The molecule has 0 bridgehead atoms. The highest BCUT2D eigenvalue weighted by molar-refractivity contribution is 5.81. The van der Waals surface area contributed by atoms with Gasteiger partial charge in [0.15, 0.2) is 0 Å². The number of pyridine rings is 1. The Kier molecular flexibility index (Phi) is 2.40. The molecular weight excluding hydrogens is 224 g/mol. The maximum absolute atomic E-state index is 5.97. The van der Waals surface area contributed by atoms with Crippen molar-refractivity contribution >= 4 is 11.0 Å². The number of nitrogens with one attached hydrogen (secondary N) is 1. The number of fused-ring (bicyclic) bond motifs is 1. The van der Waals surface area contributed by atoms with Gasteiger partial charge in [-0.1, -0.05) is 20.8 Å². The van der Waals surface area contributed by atoms with Gasteiger partial charge in [0.2, 0.25) is 5.88 Å². The fraction of sp³-hybridized carbons (Fsp3) is 0.533. The molecule has 1 fully saturated rings. The summed E-state index contributed by atoms with van der Waals surface area (Å²) in [5, 5.41) is 1.20. The number of rotatable bonds is 2. The lowest BCUT2D eigenvalue weighted by Gasteiger charge is -2.22. The smallest absolute Gasteiger partial charge is 0.219 e. The highest BCUT2D eigenvalue weighted by atomic mass is 16.5. The molecule has 1 saturated carbocycles. The molecule has 18 heavy (non-hydrogen) atoms.